The van der Waals surface area contributed by atoms with E-state index in [0.29, 0.717) is 21.6 Å². The average molecular weight is 258 g/mol. The summed E-state index contributed by atoms with van der Waals surface area (Å²) >= 11 is 12.1. The maximum Gasteiger partial charge on any atom is 0.170 e. The van der Waals surface area contributed by atoms with E-state index in [-0.39, 0.29) is 6.54 Å². The van der Waals surface area contributed by atoms with Crippen LogP contribution in [0, 0.1) is 6.92 Å². The van der Waals surface area contributed by atoms with E-state index in [4.69, 9.17) is 28.9 Å². The van der Waals surface area contributed by atoms with Gasteiger partial charge < -0.3 is 5.73 Å². The van der Waals surface area contributed by atoms with Crippen molar-refractivity contribution in [3.63, 3.8) is 0 Å². The van der Waals surface area contributed by atoms with E-state index in [2.05, 4.69) is 15.5 Å². The highest BCUT2D eigenvalue weighted by Crippen LogP contribution is 2.27. The Hall–Kier alpha value is -1.17. The number of tetrazole rings is 1. The number of halogens is 2. The Labute approximate surface area is 102 Å². The number of aryl methyl sites for hydroxylation is 1. The van der Waals surface area contributed by atoms with Crippen LogP contribution in [-0.2, 0) is 6.54 Å². The quantitative estimate of drug-likeness (QED) is 0.890. The third kappa shape index (κ3) is 1.89. The lowest BCUT2D eigenvalue weighted by atomic mass is 10.2. The fourth-order valence-electron chi connectivity index (χ4n) is 1.32. The minimum atomic E-state index is 0.231. The van der Waals surface area contributed by atoms with Crippen LogP contribution in [-0.4, -0.2) is 20.2 Å². The Morgan fingerprint density at radius 3 is 2.75 bits per heavy atom. The zero-order valence-electron chi connectivity index (χ0n) is 8.48. The number of aromatic nitrogens is 4. The molecule has 2 N–H and O–H groups in total. The smallest absolute Gasteiger partial charge is 0.170 e. The zero-order valence-corrected chi connectivity index (χ0v) is 10.00. The first-order valence-corrected chi connectivity index (χ1v) is 5.32. The van der Waals surface area contributed by atoms with Gasteiger partial charge in [-0.05, 0) is 35.0 Å². The minimum absolute atomic E-state index is 0.231. The molecule has 2 rings (SSSR count). The monoisotopic (exact) mass is 257 g/mol. The van der Waals surface area contributed by atoms with E-state index in [0.717, 1.165) is 5.56 Å². The molecule has 84 valence electrons. The topological polar surface area (TPSA) is 69.6 Å². The first-order valence-electron chi connectivity index (χ1n) is 4.57. The Kier molecular flexibility index (Phi) is 3.09. The number of hydrogen-bond acceptors (Lipinski definition) is 4. The van der Waals surface area contributed by atoms with Gasteiger partial charge >= 0.3 is 0 Å². The molecule has 0 bridgehead atoms. The second-order valence-electron chi connectivity index (χ2n) is 3.26. The lowest BCUT2D eigenvalue weighted by molar-refractivity contribution is 0.761. The maximum atomic E-state index is 6.11. The van der Waals surface area contributed by atoms with Crippen LogP contribution >= 0.6 is 23.2 Å². The summed E-state index contributed by atoms with van der Waals surface area (Å²) in [5.74, 6) is 0.529. The van der Waals surface area contributed by atoms with E-state index in [1.807, 2.05) is 6.92 Å². The van der Waals surface area contributed by atoms with Crippen molar-refractivity contribution in [2.75, 3.05) is 0 Å². The van der Waals surface area contributed by atoms with Gasteiger partial charge in [0.15, 0.2) is 5.82 Å². The third-order valence-corrected chi connectivity index (χ3v) is 2.88. The lowest BCUT2D eigenvalue weighted by Crippen LogP contribution is -2.08. The molecule has 1 aromatic heterocycles. The molecule has 0 aliphatic carbocycles. The number of nitrogens with two attached hydrogens (primary N) is 1. The van der Waals surface area contributed by atoms with E-state index in [1.54, 1.807) is 12.1 Å². The summed E-state index contributed by atoms with van der Waals surface area (Å²) in [7, 11) is 0. The van der Waals surface area contributed by atoms with Gasteiger partial charge in [-0.1, -0.05) is 23.2 Å². The second-order valence-corrected chi connectivity index (χ2v) is 4.08. The summed E-state index contributed by atoms with van der Waals surface area (Å²) in [6.07, 6.45) is 0. The standard InChI is InChI=1S/C9H9Cl2N5/c1-5-2-7(11)8(3-6(5)10)16-9(4-12)13-14-15-16/h2-3H,4,12H2,1H3. The fourth-order valence-corrected chi connectivity index (χ4v) is 1.77. The predicted molar refractivity (Wildman–Crippen MR) is 61.8 cm³/mol. The van der Waals surface area contributed by atoms with Gasteiger partial charge in [0, 0.05) is 5.02 Å². The molecular formula is C9H9Cl2N5. The predicted octanol–water partition coefficient (Wildman–Crippen LogP) is 1.74. The molecule has 0 saturated carbocycles. The molecule has 0 saturated heterocycles. The molecule has 1 aromatic carbocycles. The molecule has 0 atom stereocenters. The second kappa shape index (κ2) is 4.37. The van der Waals surface area contributed by atoms with Gasteiger partial charge in [0.05, 0.1) is 17.3 Å². The average Bonchev–Trinajstić information content (AvgIpc) is 2.71. The van der Waals surface area contributed by atoms with E-state index in [9.17, 15) is 0 Å². The van der Waals surface area contributed by atoms with E-state index < -0.39 is 0 Å². The number of rotatable bonds is 2. The zero-order chi connectivity index (χ0) is 11.7. The van der Waals surface area contributed by atoms with Crippen LogP contribution in [0.2, 0.25) is 10.0 Å². The molecular weight excluding hydrogens is 249 g/mol. The van der Waals surface area contributed by atoms with Crippen LogP contribution in [0.1, 0.15) is 11.4 Å². The molecule has 0 unspecified atom stereocenters. The Balaban J connectivity index is 2.60. The van der Waals surface area contributed by atoms with Crippen molar-refractivity contribution in [3.8, 4) is 5.69 Å². The molecule has 1 heterocycles. The largest absolute Gasteiger partial charge is 0.324 e. The van der Waals surface area contributed by atoms with Crippen molar-refractivity contribution in [3.05, 3.63) is 33.6 Å². The van der Waals surface area contributed by atoms with Crippen molar-refractivity contribution in [2.24, 2.45) is 5.73 Å². The highest BCUT2D eigenvalue weighted by molar-refractivity contribution is 6.35. The lowest BCUT2D eigenvalue weighted by Gasteiger charge is -2.07. The van der Waals surface area contributed by atoms with Crippen molar-refractivity contribution in [2.45, 2.75) is 13.5 Å². The number of benzene rings is 1. The molecule has 2 aromatic rings. The summed E-state index contributed by atoms with van der Waals surface area (Å²) in [5, 5.41) is 12.3. The highest BCUT2D eigenvalue weighted by Gasteiger charge is 2.11. The molecule has 5 nitrogen and oxygen atoms in total. The van der Waals surface area contributed by atoms with Gasteiger partial charge in [-0.3, -0.25) is 0 Å². The molecule has 7 heteroatoms. The van der Waals surface area contributed by atoms with Gasteiger partial charge in [-0.25, -0.2) is 0 Å². The fraction of sp³-hybridized carbons (Fsp3) is 0.222. The molecule has 0 spiro atoms. The number of hydrogen-bond donors (Lipinski definition) is 1. The number of nitrogens with zero attached hydrogens (tertiary/aromatic N) is 4. The summed E-state index contributed by atoms with van der Waals surface area (Å²) in [6.45, 7) is 2.11. The normalized spacial score (nSPS) is 10.8. The molecule has 0 fully saturated rings. The summed E-state index contributed by atoms with van der Waals surface area (Å²) < 4.78 is 1.48. The van der Waals surface area contributed by atoms with Crippen molar-refractivity contribution in [1.82, 2.24) is 20.2 Å². The molecule has 0 amide bonds. The molecule has 16 heavy (non-hydrogen) atoms. The van der Waals surface area contributed by atoms with E-state index >= 15 is 0 Å². The SMILES string of the molecule is Cc1cc(Cl)c(-n2nnnc2CN)cc1Cl. The van der Waals surface area contributed by atoms with Crippen molar-refractivity contribution < 1.29 is 0 Å². The summed E-state index contributed by atoms with van der Waals surface area (Å²) in [4.78, 5) is 0. The molecule has 0 aliphatic rings. The van der Waals surface area contributed by atoms with E-state index in [1.165, 1.54) is 4.68 Å². The van der Waals surface area contributed by atoms with Crippen molar-refractivity contribution in [1.29, 1.82) is 0 Å². The van der Waals surface area contributed by atoms with Crippen LogP contribution in [0.5, 0.6) is 0 Å². The van der Waals surface area contributed by atoms with Gasteiger partial charge in [-0.2, -0.15) is 4.68 Å². The maximum absolute atomic E-state index is 6.11. The Morgan fingerprint density at radius 1 is 1.31 bits per heavy atom. The Morgan fingerprint density at radius 2 is 2.06 bits per heavy atom. The van der Waals surface area contributed by atoms with Gasteiger partial charge in [0.2, 0.25) is 0 Å². The first kappa shape index (κ1) is 11.3. The first-order chi connectivity index (χ1) is 7.63. The minimum Gasteiger partial charge on any atom is -0.324 e. The van der Waals surface area contributed by atoms with Crippen LogP contribution in [0.4, 0.5) is 0 Å². The van der Waals surface area contributed by atoms with Crippen molar-refractivity contribution >= 4 is 23.2 Å². The Bertz CT molecular complexity index is 523. The summed E-state index contributed by atoms with van der Waals surface area (Å²) in [6, 6.07) is 3.48. The van der Waals surface area contributed by atoms with Crippen LogP contribution in [0.3, 0.4) is 0 Å². The summed E-state index contributed by atoms with van der Waals surface area (Å²) in [5.41, 5.74) is 7.04. The highest BCUT2D eigenvalue weighted by atomic mass is 35.5. The van der Waals surface area contributed by atoms with Gasteiger partial charge in [-0.15, -0.1) is 5.10 Å². The molecule has 0 radical (unpaired) electrons. The van der Waals surface area contributed by atoms with Crippen LogP contribution in [0.15, 0.2) is 12.1 Å². The van der Waals surface area contributed by atoms with Crippen LogP contribution in [0.25, 0.3) is 5.69 Å². The van der Waals surface area contributed by atoms with Gasteiger partial charge in [0.25, 0.3) is 0 Å². The van der Waals surface area contributed by atoms with Gasteiger partial charge in [0.1, 0.15) is 0 Å². The third-order valence-electron chi connectivity index (χ3n) is 2.17. The van der Waals surface area contributed by atoms with Crippen LogP contribution < -0.4 is 5.73 Å². The molecule has 0 aliphatic heterocycles.